The molecule has 0 unspecified atom stereocenters. The van der Waals surface area contributed by atoms with E-state index in [1.165, 1.54) is 14.2 Å². The molecule has 16 heavy (non-hydrogen) atoms. The number of methoxy groups -OCH3 is 1. The second kappa shape index (κ2) is 4.46. The second-order valence-electron chi connectivity index (χ2n) is 3.08. The van der Waals surface area contributed by atoms with Crippen molar-refractivity contribution in [3.8, 4) is 17.2 Å². The van der Waals surface area contributed by atoms with Crippen LogP contribution in [0.25, 0.3) is 0 Å². The fourth-order valence-corrected chi connectivity index (χ4v) is 1.50. The Kier molecular flexibility index (Phi) is 3.02. The Balaban J connectivity index is 2.48. The summed E-state index contributed by atoms with van der Waals surface area (Å²) in [7, 11) is 2.81. The molecule has 0 spiro atoms. The van der Waals surface area contributed by atoms with Crippen molar-refractivity contribution in [2.45, 2.75) is 0 Å². The average Bonchev–Trinajstić information content (AvgIpc) is 2.36. The highest BCUT2D eigenvalue weighted by Gasteiger charge is 2.21. The molecule has 88 valence electrons. The van der Waals surface area contributed by atoms with Crippen molar-refractivity contribution in [2.75, 3.05) is 32.7 Å². The third-order valence-electron chi connectivity index (χ3n) is 2.21. The van der Waals surface area contributed by atoms with E-state index in [1.54, 1.807) is 12.1 Å². The third-order valence-corrected chi connectivity index (χ3v) is 2.21. The Hall–Kier alpha value is -1.66. The Labute approximate surface area is 92.8 Å². The lowest BCUT2D eigenvalue weighted by Crippen LogP contribution is -2.20. The first kappa shape index (κ1) is 10.8. The first-order valence-corrected chi connectivity index (χ1v) is 4.76. The molecule has 0 aromatic heterocycles. The summed E-state index contributed by atoms with van der Waals surface area (Å²) < 4.78 is 15.9. The molecule has 0 aliphatic carbocycles. The Morgan fingerprint density at radius 2 is 1.88 bits per heavy atom. The van der Waals surface area contributed by atoms with Gasteiger partial charge in [-0.2, -0.15) is 0 Å². The van der Waals surface area contributed by atoms with Gasteiger partial charge in [0.15, 0.2) is 11.5 Å². The molecule has 1 aromatic carbocycles. The summed E-state index contributed by atoms with van der Waals surface area (Å²) in [5.41, 5.74) is 0.262. The van der Waals surface area contributed by atoms with Crippen LogP contribution in [0.4, 0.5) is 5.69 Å². The summed E-state index contributed by atoms with van der Waals surface area (Å²) in [5.74, 6) is 1.31. The summed E-state index contributed by atoms with van der Waals surface area (Å²) in [4.78, 5) is 4.58. The molecule has 0 bridgehead atoms. The molecule has 2 rings (SSSR count). The molecular weight excluding hydrogens is 214 g/mol. The highest BCUT2D eigenvalue weighted by atomic mass is 16.9. The first-order valence-electron chi connectivity index (χ1n) is 4.76. The molecule has 6 nitrogen and oxygen atoms in total. The van der Waals surface area contributed by atoms with Gasteiger partial charge in [0.25, 0.3) is 0 Å². The molecule has 1 aromatic rings. The molecule has 0 fully saturated rings. The number of nitrogens with zero attached hydrogens (tertiary/aromatic N) is 1. The highest BCUT2D eigenvalue weighted by molar-refractivity contribution is 5.69. The summed E-state index contributed by atoms with van der Waals surface area (Å²) >= 11 is 0. The van der Waals surface area contributed by atoms with Crippen molar-refractivity contribution in [3.63, 3.8) is 0 Å². The van der Waals surface area contributed by atoms with Crippen LogP contribution < -0.4 is 19.4 Å². The van der Waals surface area contributed by atoms with E-state index in [1.807, 2.05) is 0 Å². The number of anilines is 1. The van der Waals surface area contributed by atoms with Crippen molar-refractivity contribution in [1.82, 2.24) is 0 Å². The topological polar surface area (TPSA) is 63.2 Å². The maximum Gasteiger partial charge on any atom is 0.205 e. The molecule has 1 heterocycles. The maximum absolute atomic E-state index is 11.4. The second-order valence-corrected chi connectivity index (χ2v) is 3.08. The summed E-state index contributed by atoms with van der Waals surface area (Å²) in [6.45, 7) is 0.823. The molecule has 0 saturated heterocycles. The van der Waals surface area contributed by atoms with Crippen LogP contribution in [-0.2, 0) is 4.84 Å². The van der Waals surface area contributed by atoms with Crippen molar-refractivity contribution >= 4 is 5.69 Å². The number of hydrogen-bond acceptors (Lipinski definition) is 6. The van der Waals surface area contributed by atoms with Crippen LogP contribution >= 0.6 is 0 Å². The third kappa shape index (κ3) is 1.72. The Bertz CT molecular complexity index is 382. The SMILES string of the molecule is COc1ccc(N([O-])OC)c2c1OCCO2. The maximum atomic E-state index is 11.4. The number of rotatable bonds is 3. The zero-order valence-electron chi connectivity index (χ0n) is 9.06. The minimum absolute atomic E-state index is 0.262. The monoisotopic (exact) mass is 226 g/mol. The number of benzene rings is 1. The molecule has 0 atom stereocenters. The molecular formula is C10H12NO5-. The number of ether oxygens (including phenoxy) is 3. The van der Waals surface area contributed by atoms with E-state index in [0.29, 0.717) is 35.7 Å². The van der Waals surface area contributed by atoms with Gasteiger partial charge in [-0.1, -0.05) is 0 Å². The normalized spacial score (nSPS) is 13.4. The van der Waals surface area contributed by atoms with Crippen molar-refractivity contribution < 1.29 is 19.0 Å². The lowest BCUT2D eigenvalue weighted by atomic mass is 10.2. The smallest absolute Gasteiger partial charge is 0.205 e. The van der Waals surface area contributed by atoms with Crippen LogP contribution in [0.3, 0.4) is 0 Å². The van der Waals surface area contributed by atoms with Gasteiger partial charge in [-0.15, -0.1) is 0 Å². The lowest BCUT2D eigenvalue weighted by Gasteiger charge is -2.31. The number of hydrogen-bond donors (Lipinski definition) is 0. The van der Waals surface area contributed by atoms with Crippen LogP contribution in [-0.4, -0.2) is 27.4 Å². The Morgan fingerprint density at radius 3 is 2.50 bits per heavy atom. The molecule has 1 aliphatic rings. The van der Waals surface area contributed by atoms with E-state index in [-0.39, 0.29) is 5.69 Å². The van der Waals surface area contributed by atoms with Gasteiger partial charge in [-0.25, -0.2) is 0 Å². The minimum Gasteiger partial charge on any atom is -0.733 e. The standard InChI is InChI=1S/C10H12NO5/c1-13-8-4-3-7(11(12)14-2)9-10(8)16-6-5-15-9/h3-4H,5-6H2,1-2H3/q-1. The van der Waals surface area contributed by atoms with Gasteiger partial charge >= 0.3 is 0 Å². The van der Waals surface area contributed by atoms with Gasteiger partial charge in [-0.3, -0.25) is 4.84 Å². The van der Waals surface area contributed by atoms with Crippen molar-refractivity contribution in [2.24, 2.45) is 0 Å². The fourth-order valence-electron chi connectivity index (χ4n) is 1.50. The zero-order valence-corrected chi connectivity index (χ0v) is 9.06. The van der Waals surface area contributed by atoms with Crippen LogP contribution in [0.15, 0.2) is 12.1 Å². The van der Waals surface area contributed by atoms with Gasteiger partial charge in [0, 0.05) is 0 Å². The minimum atomic E-state index is 0.262. The van der Waals surface area contributed by atoms with Gasteiger partial charge in [0.05, 0.1) is 19.9 Å². The van der Waals surface area contributed by atoms with Gasteiger partial charge < -0.3 is 24.6 Å². The highest BCUT2D eigenvalue weighted by Crippen LogP contribution is 2.45. The van der Waals surface area contributed by atoms with Crippen LogP contribution in [0, 0.1) is 5.21 Å². The number of fused-ring (bicyclic) bond motifs is 1. The fraction of sp³-hybridized carbons (Fsp3) is 0.400. The van der Waals surface area contributed by atoms with Crippen molar-refractivity contribution in [3.05, 3.63) is 17.3 Å². The van der Waals surface area contributed by atoms with Gasteiger partial charge in [-0.05, 0) is 12.1 Å². The van der Waals surface area contributed by atoms with E-state index in [4.69, 9.17) is 14.2 Å². The van der Waals surface area contributed by atoms with E-state index < -0.39 is 0 Å². The van der Waals surface area contributed by atoms with Gasteiger partial charge in [0.2, 0.25) is 5.75 Å². The Morgan fingerprint density at radius 1 is 1.19 bits per heavy atom. The first-order chi connectivity index (χ1) is 7.77. The summed E-state index contributed by atoms with van der Waals surface area (Å²) in [6, 6.07) is 3.19. The molecule has 1 aliphatic heterocycles. The quantitative estimate of drug-likeness (QED) is 0.724. The summed E-state index contributed by atoms with van der Waals surface area (Å²) in [6.07, 6.45) is 0. The van der Waals surface area contributed by atoms with Crippen LogP contribution in [0.1, 0.15) is 0 Å². The van der Waals surface area contributed by atoms with E-state index in [0.717, 1.165) is 0 Å². The van der Waals surface area contributed by atoms with E-state index in [2.05, 4.69) is 4.84 Å². The zero-order chi connectivity index (χ0) is 11.5. The van der Waals surface area contributed by atoms with E-state index >= 15 is 0 Å². The molecule has 0 amide bonds. The predicted molar refractivity (Wildman–Crippen MR) is 56.8 cm³/mol. The predicted octanol–water partition coefficient (Wildman–Crippen LogP) is 1.33. The molecule has 0 saturated carbocycles. The molecule has 0 N–H and O–H groups in total. The van der Waals surface area contributed by atoms with Gasteiger partial charge in [0.1, 0.15) is 13.2 Å². The lowest BCUT2D eigenvalue weighted by molar-refractivity contribution is 0.157. The van der Waals surface area contributed by atoms with E-state index in [9.17, 15) is 5.21 Å². The van der Waals surface area contributed by atoms with Crippen molar-refractivity contribution in [1.29, 1.82) is 0 Å². The van der Waals surface area contributed by atoms with Crippen LogP contribution in [0.2, 0.25) is 0 Å². The molecule has 6 heteroatoms. The molecule has 0 radical (unpaired) electrons. The average molecular weight is 226 g/mol. The largest absolute Gasteiger partial charge is 0.733 e. The summed E-state index contributed by atoms with van der Waals surface area (Å²) in [5, 5.41) is 11.8. The van der Waals surface area contributed by atoms with Crippen LogP contribution in [0.5, 0.6) is 17.2 Å².